The van der Waals surface area contributed by atoms with Gasteiger partial charge in [0, 0.05) is 0 Å². The molecule has 0 amide bonds. The standard InChI is InChI=1S/C27H46O3/c1-3-5-7-9-11-12-14-16-20-24(19-15-13-10-8-6-4-2)23-30-26-22-18-17-21-25(26)27(28)29/h17-18,21-22,24H,3-16,19-20,23H2,1-2H3,(H,28,29). The Morgan fingerprint density at radius 1 is 0.767 bits per heavy atom. The van der Waals surface area contributed by atoms with Crippen LogP contribution in [0.25, 0.3) is 0 Å². The second-order valence-electron chi connectivity index (χ2n) is 8.80. The lowest BCUT2D eigenvalue weighted by Crippen LogP contribution is -2.14. The monoisotopic (exact) mass is 418 g/mol. The van der Waals surface area contributed by atoms with Crippen LogP contribution in [-0.2, 0) is 0 Å². The summed E-state index contributed by atoms with van der Waals surface area (Å²) in [6.45, 7) is 5.16. The third-order valence-electron chi connectivity index (χ3n) is 6.02. The molecule has 3 nitrogen and oxygen atoms in total. The Morgan fingerprint density at radius 3 is 1.73 bits per heavy atom. The highest BCUT2D eigenvalue weighted by atomic mass is 16.5. The van der Waals surface area contributed by atoms with E-state index in [1.165, 1.54) is 103 Å². The summed E-state index contributed by atoms with van der Waals surface area (Å²) in [7, 11) is 0. The van der Waals surface area contributed by atoms with Crippen molar-refractivity contribution in [3.05, 3.63) is 29.8 Å². The number of hydrogen-bond acceptors (Lipinski definition) is 2. The van der Waals surface area contributed by atoms with E-state index in [1.54, 1.807) is 18.2 Å². The maximum absolute atomic E-state index is 11.4. The normalized spacial score (nSPS) is 12.1. The lowest BCUT2D eigenvalue weighted by Gasteiger charge is -2.19. The molecule has 0 spiro atoms. The number of aromatic carboxylic acids is 1. The summed E-state index contributed by atoms with van der Waals surface area (Å²) in [5.74, 6) is 0.119. The highest BCUT2D eigenvalue weighted by molar-refractivity contribution is 5.90. The first-order chi connectivity index (χ1) is 14.7. The van der Waals surface area contributed by atoms with Crippen LogP contribution in [0.4, 0.5) is 0 Å². The fraction of sp³-hybridized carbons (Fsp3) is 0.741. The number of carboxylic acids is 1. The Morgan fingerprint density at radius 2 is 1.23 bits per heavy atom. The summed E-state index contributed by atoms with van der Waals surface area (Å²) < 4.78 is 6.00. The number of para-hydroxylation sites is 1. The molecule has 0 aliphatic rings. The van der Waals surface area contributed by atoms with Crippen LogP contribution in [0, 0.1) is 5.92 Å². The van der Waals surface area contributed by atoms with Crippen molar-refractivity contribution in [2.75, 3.05) is 6.61 Å². The molecule has 0 saturated heterocycles. The summed E-state index contributed by atoms with van der Waals surface area (Å²) >= 11 is 0. The van der Waals surface area contributed by atoms with Crippen LogP contribution < -0.4 is 4.74 Å². The number of ether oxygens (including phenoxy) is 1. The van der Waals surface area contributed by atoms with Gasteiger partial charge in [-0.1, -0.05) is 116 Å². The highest BCUT2D eigenvalue weighted by Crippen LogP contribution is 2.23. The molecule has 0 bridgehead atoms. The second kappa shape index (κ2) is 18.3. The number of carboxylic acid groups (broad SMARTS) is 1. The minimum Gasteiger partial charge on any atom is -0.492 e. The molecule has 0 saturated carbocycles. The van der Waals surface area contributed by atoms with E-state index >= 15 is 0 Å². The molecule has 0 fully saturated rings. The fourth-order valence-electron chi connectivity index (χ4n) is 4.07. The zero-order valence-electron chi connectivity index (χ0n) is 19.7. The number of rotatable bonds is 20. The molecule has 0 radical (unpaired) electrons. The lowest BCUT2D eigenvalue weighted by atomic mass is 9.94. The van der Waals surface area contributed by atoms with E-state index in [-0.39, 0.29) is 5.56 Å². The van der Waals surface area contributed by atoms with Gasteiger partial charge in [0.05, 0.1) is 6.61 Å². The SMILES string of the molecule is CCCCCCCCCCC(CCCCCCCC)COc1ccccc1C(=O)O. The summed E-state index contributed by atoms with van der Waals surface area (Å²) in [4.78, 5) is 11.4. The number of benzene rings is 1. The Bertz CT molecular complexity index is 541. The average molecular weight is 419 g/mol. The van der Waals surface area contributed by atoms with Crippen molar-refractivity contribution in [2.24, 2.45) is 5.92 Å². The van der Waals surface area contributed by atoms with Gasteiger partial charge in [-0.05, 0) is 30.9 Å². The number of unbranched alkanes of at least 4 members (excludes halogenated alkanes) is 12. The molecule has 1 aromatic carbocycles. The molecule has 30 heavy (non-hydrogen) atoms. The van der Waals surface area contributed by atoms with Gasteiger partial charge in [-0.25, -0.2) is 4.79 Å². The average Bonchev–Trinajstić information content (AvgIpc) is 2.75. The predicted molar refractivity (Wildman–Crippen MR) is 128 cm³/mol. The van der Waals surface area contributed by atoms with Crippen LogP contribution in [0.2, 0.25) is 0 Å². The van der Waals surface area contributed by atoms with Crippen molar-refractivity contribution in [1.82, 2.24) is 0 Å². The van der Waals surface area contributed by atoms with E-state index in [2.05, 4.69) is 13.8 Å². The summed E-state index contributed by atoms with van der Waals surface area (Å²) in [6, 6.07) is 7.01. The minimum absolute atomic E-state index is 0.267. The minimum atomic E-state index is -0.916. The van der Waals surface area contributed by atoms with Crippen molar-refractivity contribution in [2.45, 2.75) is 117 Å². The quantitative estimate of drug-likeness (QED) is 0.215. The zero-order chi connectivity index (χ0) is 21.9. The molecule has 0 aliphatic heterocycles. The van der Waals surface area contributed by atoms with E-state index < -0.39 is 5.97 Å². The molecule has 1 atom stereocenters. The highest BCUT2D eigenvalue weighted by Gasteiger charge is 2.14. The molecule has 172 valence electrons. The van der Waals surface area contributed by atoms with E-state index in [9.17, 15) is 9.90 Å². The van der Waals surface area contributed by atoms with Crippen LogP contribution in [0.15, 0.2) is 24.3 Å². The second-order valence-corrected chi connectivity index (χ2v) is 8.80. The molecule has 1 aromatic rings. The largest absolute Gasteiger partial charge is 0.492 e. The molecule has 0 heterocycles. The first kappa shape index (κ1) is 26.5. The van der Waals surface area contributed by atoms with Gasteiger partial charge in [0.1, 0.15) is 11.3 Å². The van der Waals surface area contributed by atoms with Crippen LogP contribution >= 0.6 is 0 Å². The summed E-state index contributed by atoms with van der Waals surface area (Å²) in [5.41, 5.74) is 0.267. The molecule has 1 rings (SSSR count). The summed E-state index contributed by atoms with van der Waals surface area (Å²) in [6.07, 6.45) is 21.0. The van der Waals surface area contributed by atoms with E-state index in [1.807, 2.05) is 6.07 Å². The van der Waals surface area contributed by atoms with Crippen LogP contribution in [0.1, 0.15) is 127 Å². The molecule has 1 N–H and O–H groups in total. The molecule has 1 unspecified atom stereocenters. The van der Waals surface area contributed by atoms with Gasteiger partial charge in [0.2, 0.25) is 0 Å². The Labute approximate surface area is 185 Å². The summed E-state index contributed by atoms with van der Waals surface area (Å²) in [5, 5.41) is 9.37. The van der Waals surface area contributed by atoms with E-state index in [0.29, 0.717) is 18.3 Å². The fourth-order valence-corrected chi connectivity index (χ4v) is 4.07. The van der Waals surface area contributed by atoms with Gasteiger partial charge < -0.3 is 9.84 Å². The predicted octanol–water partition coefficient (Wildman–Crippen LogP) is 8.66. The van der Waals surface area contributed by atoms with Crippen molar-refractivity contribution in [3.8, 4) is 5.75 Å². The van der Waals surface area contributed by atoms with Gasteiger partial charge in [0.15, 0.2) is 0 Å². The Kier molecular flexibility index (Phi) is 16.2. The van der Waals surface area contributed by atoms with E-state index in [4.69, 9.17) is 4.74 Å². The maximum Gasteiger partial charge on any atom is 0.339 e. The molecule has 3 heteroatoms. The first-order valence-electron chi connectivity index (χ1n) is 12.6. The topological polar surface area (TPSA) is 46.5 Å². The molecule has 0 aromatic heterocycles. The number of carbonyl (C=O) groups is 1. The first-order valence-corrected chi connectivity index (χ1v) is 12.6. The van der Waals surface area contributed by atoms with Crippen LogP contribution in [-0.4, -0.2) is 17.7 Å². The van der Waals surface area contributed by atoms with E-state index in [0.717, 1.165) is 0 Å². The smallest absolute Gasteiger partial charge is 0.339 e. The third kappa shape index (κ3) is 12.9. The molecule has 0 aliphatic carbocycles. The Balaban J connectivity index is 2.39. The van der Waals surface area contributed by atoms with Crippen molar-refractivity contribution in [1.29, 1.82) is 0 Å². The third-order valence-corrected chi connectivity index (χ3v) is 6.02. The van der Waals surface area contributed by atoms with Gasteiger partial charge in [-0.2, -0.15) is 0 Å². The van der Waals surface area contributed by atoms with Crippen molar-refractivity contribution in [3.63, 3.8) is 0 Å². The van der Waals surface area contributed by atoms with Crippen LogP contribution in [0.5, 0.6) is 5.75 Å². The van der Waals surface area contributed by atoms with Gasteiger partial charge >= 0.3 is 5.97 Å². The zero-order valence-corrected chi connectivity index (χ0v) is 19.7. The van der Waals surface area contributed by atoms with Crippen molar-refractivity contribution >= 4 is 5.97 Å². The number of hydrogen-bond donors (Lipinski definition) is 1. The maximum atomic E-state index is 11.4. The van der Waals surface area contributed by atoms with Crippen molar-refractivity contribution < 1.29 is 14.6 Å². The van der Waals surface area contributed by atoms with Gasteiger partial charge in [-0.3, -0.25) is 0 Å². The molecular formula is C27H46O3. The molecular weight excluding hydrogens is 372 g/mol. The van der Waals surface area contributed by atoms with Gasteiger partial charge in [-0.15, -0.1) is 0 Å². The Hall–Kier alpha value is -1.51. The lowest BCUT2D eigenvalue weighted by molar-refractivity contribution is 0.0691. The van der Waals surface area contributed by atoms with Crippen LogP contribution in [0.3, 0.4) is 0 Å². The van der Waals surface area contributed by atoms with Gasteiger partial charge in [0.25, 0.3) is 0 Å².